The fourth-order valence-corrected chi connectivity index (χ4v) is 0.815. The highest BCUT2D eigenvalue weighted by atomic mass is 19.3. The molecule has 1 aromatic rings. The molecule has 0 unspecified atom stereocenters. The molecule has 1 N–H and O–H groups in total. The van der Waals surface area contributed by atoms with E-state index >= 15 is 0 Å². The third-order valence-corrected chi connectivity index (χ3v) is 1.69. The topological polar surface area (TPSA) is 33.1 Å². The Bertz CT molecular complexity index is 248. The molecule has 1 atom stereocenters. The van der Waals surface area contributed by atoms with Gasteiger partial charge in [0.25, 0.3) is 6.43 Å². The monoisotopic (exact) mass is 173 g/mol. The maximum Gasteiger partial charge on any atom is 0.270 e. The number of hydrogen-bond donors (Lipinski definition) is 1. The van der Waals surface area contributed by atoms with Gasteiger partial charge in [-0.15, -0.1) is 0 Å². The molecule has 66 valence electrons. The molecular weight excluding hydrogens is 164 g/mol. The molecule has 1 rings (SSSR count). The number of hydrogen-bond acceptors (Lipinski definition) is 2. The van der Waals surface area contributed by atoms with Crippen molar-refractivity contribution in [3.63, 3.8) is 0 Å². The zero-order chi connectivity index (χ0) is 9.19. The Kier molecular flexibility index (Phi) is 2.38. The minimum absolute atomic E-state index is 0.174. The SMILES string of the molecule is C[C@@](O)(c1ccncc1)C(F)F. The van der Waals surface area contributed by atoms with Gasteiger partial charge in [0.1, 0.15) is 5.60 Å². The lowest BCUT2D eigenvalue weighted by molar-refractivity contribution is -0.0883. The summed E-state index contributed by atoms with van der Waals surface area (Å²) in [5.74, 6) is 0. The molecule has 1 aromatic heterocycles. The quantitative estimate of drug-likeness (QED) is 0.736. The van der Waals surface area contributed by atoms with Crippen LogP contribution in [0.3, 0.4) is 0 Å². The van der Waals surface area contributed by atoms with Crippen LogP contribution in [-0.4, -0.2) is 16.5 Å². The second-order valence-corrected chi connectivity index (χ2v) is 2.68. The van der Waals surface area contributed by atoms with Gasteiger partial charge in [0.2, 0.25) is 0 Å². The minimum atomic E-state index is -2.79. The van der Waals surface area contributed by atoms with Crippen molar-refractivity contribution >= 4 is 0 Å². The molecule has 1 heterocycles. The van der Waals surface area contributed by atoms with Crippen LogP contribution in [0.4, 0.5) is 8.78 Å². The number of rotatable bonds is 2. The molecule has 0 aliphatic heterocycles. The summed E-state index contributed by atoms with van der Waals surface area (Å²) in [6.45, 7) is 1.08. The fourth-order valence-electron chi connectivity index (χ4n) is 0.815. The summed E-state index contributed by atoms with van der Waals surface area (Å²) < 4.78 is 24.5. The summed E-state index contributed by atoms with van der Waals surface area (Å²) in [5.41, 5.74) is -1.91. The van der Waals surface area contributed by atoms with Crippen LogP contribution in [0.25, 0.3) is 0 Å². The normalized spacial score (nSPS) is 16.1. The molecule has 0 aliphatic rings. The summed E-state index contributed by atoms with van der Waals surface area (Å²) in [4.78, 5) is 3.66. The van der Waals surface area contributed by atoms with Gasteiger partial charge in [-0.05, 0) is 24.6 Å². The van der Waals surface area contributed by atoms with E-state index in [1.807, 2.05) is 0 Å². The zero-order valence-corrected chi connectivity index (χ0v) is 6.54. The number of aliphatic hydroxyl groups is 1. The van der Waals surface area contributed by atoms with E-state index in [0.717, 1.165) is 6.92 Å². The van der Waals surface area contributed by atoms with Crippen molar-refractivity contribution in [1.29, 1.82) is 0 Å². The number of nitrogens with zero attached hydrogens (tertiary/aromatic N) is 1. The van der Waals surface area contributed by atoms with Gasteiger partial charge in [0, 0.05) is 12.4 Å². The molecule has 4 heteroatoms. The van der Waals surface area contributed by atoms with Gasteiger partial charge in [0.05, 0.1) is 0 Å². The second kappa shape index (κ2) is 3.15. The molecule has 2 nitrogen and oxygen atoms in total. The predicted octanol–water partition coefficient (Wildman–Crippen LogP) is 1.55. The van der Waals surface area contributed by atoms with Crippen LogP contribution in [-0.2, 0) is 5.60 Å². The molecule has 0 saturated heterocycles. The third kappa shape index (κ3) is 1.58. The average Bonchev–Trinajstić information content (AvgIpc) is 2.06. The van der Waals surface area contributed by atoms with E-state index in [9.17, 15) is 13.9 Å². The lowest BCUT2D eigenvalue weighted by Gasteiger charge is -2.21. The average molecular weight is 173 g/mol. The first-order valence-electron chi connectivity index (χ1n) is 3.46. The highest BCUT2D eigenvalue weighted by Crippen LogP contribution is 2.26. The van der Waals surface area contributed by atoms with Gasteiger partial charge < -0.3 is 5.11 Å². The van der Waals surface area contributed by atoms with Crippen LogP contribution in [0.2, 0.25) is 0 Å². The Balaban J connectivity index is 2.98. The molecule has 0 aromatic carbocycles. The van der Waals surface area contributed by atoms with E-state index in [4.69, 9.17) is 0 Å². The molecule has 0 spiro atoms. The van der Waals surface area contributed by atoms with Gasteiger partial charge in [-0.25, -0.2) is 8.78 Å². The summed E-state index contributed by atoms with van der Waals surface area (Å²) in [6.07, 6.45) is -0.0573. The lowest BCUT2D eigenvalue weighted by atomic mass is 9.98. The van der Waals surface area contributed by atoms with Crippen LogP contribution in [0.15, 0.2) is 24.5 Å². The first-order chi connectivity index (χ1) is 5.55. The largest absolute Gasteiger partial charge is 0.379 e. The van der Waals surface area contributed by atoms with Crippen molar-refractivity contribution in [2.45, 2.75) is 19.0 Å². The molecule has 0 aliphatic carbocycles. The van der Waals surface area contributed by atoms with Crippen molar-refractivity contribution in [3.05, 3.63) is 30.1 Å². The Hall–Kier alpha value is -1.03. The van der Waals surface area contributed by atoms with E-state index < -0.39 is 12.0 Å². The zero-order valence-electron chi connectivity index (χ0n) is 6.54. The summed E-state index contributed by atoms with van der Waals surface area (Å²) in [6, 6.07) is 2.73. The number of aromatic nitrogens is 1. The highest BCUT2D eigenvalue weighted by Gasteiger charge is 2.33. The molecule has 0 saturated carbocycles. The summed E-state index contributed by atoms with van der Waals surface area (Å²) in [7, 11) is 0. The Labute approximate surface area is 68.9 Å². The molecule has 12 heavy (non-hydrogen) atoms. The molecular formula is C8H9F2NO. The van der Waals surface area contributed by atoms with Crippen molar-refractivity contribution < 1.29 is 13.9 Å². The molecule has 0 bridgehead atoms. The Morgan fingerprint density at radius 2 is 1.92 bits per heavy atom. The van der Waals surface area contributed by atoms with E-state index in [1.54, 1.807) is 0 Å². The predicted molar refractivity (Wildman–Crippen MR) is 39.8 cm³/mol. The first kappa shape index (κ1) is 9.06. The van der Waals surface area contributed by atoms with Crippen LogP contribution < -0.4 is 0 Å². The van der Waals surface area contributed by atoms with Gasteiger partial charge in [-0.1, -0.05) is 0 Å². The van der Waals surface area contributed by atoms with Gasteiger partial charge in [-0.2, -0.15) is 0 Å². The Morgan fingerprint density at radius 1 is 1.42 bits per heavy atom. The van der Waals surface area contributed by atoms with Crippen LogP contribution in [0.1, 0.15) is 12.5 Å². The van der Waals surface area contributed by atoms with Crippen molar-refractivity contribution in [3.8, 4) is 0 Å². The van der Waals surface area contributed by atoms with E-state index in [1.165, 1.54) is 24.5 Å². The smallest absolute Gasteiger partial charge is 0.270 e. The molecule has 0 fully saturated rings. The lowest BCUT2D eigenvalue weighted by Crippen LogP contribution is -2.30. The third-order valence-electron chi connectivity index (χ3n) is 1.69. The van der Waals surface area contributed by atoms with E-state index in [2.05, 4.69) is 4.98 Å². The van der Waals surface area contributed by atoms with Crippen LogP contribution in [0.5, 0.6) is 0 Å². The standard InChI is InChI=1S/C8H9F2NO/c1-8(12,7(9)10)6-2-4-11-5-3-6/h2-5,7,12H,1H3/t8-/m1/s1. The number of halogens is 2. The van der Waals surface area contributed by atoms with Crippen LogP contribution in [0, 0.1) is 0 Å². The van der Waals surface area contributed by atoms with Gasteiger partial charge in [-0.3, -0.25) is 4.98 Å². The van der Waals surface area contributed by atoms with Gasteiger partial charge >= 0.3 is 0 Å². The number of pyridine rings is 1. The molecule has 0 radical (unpaired) electrons. The fraction of sp³-hybridized carbons (Fsp3) is 0.375. The van der Waals surface area contributed by atoms with Crippen molar-refractivity contribution in [2.24, 2.45) is 0 Å². The first-order valence-corrected chi connectivity index (χ1v) is 3.46. The summed E-state index contributed by atoms with van der Waals surface area (Å²) >= 11 is 0. The van der Waals surface area contributed by atoms with Crippen LogP contribution >= 0.6 is 0 Å². The highest BCUT2D eigenvalue weighted by molar-refractivity contribution is 5.18. The van der Waals surface area contributed by atoms with E-state index in [0.29, 0.717) is 0 Å². The maximum atomic E-state index is 12.2. The van der Waals surface area contributed by atoms with Gasteiger partial charge in [0.15, 0.2) is 0 Å². The van der Waals surface area contributed by atoms with Crippen molar-refractivity contribution in [1.82, 2.24) is 4.98 Å². The van der Waals surface area contributed by atoms with Crippen molar-refractivity contribution in [2.75, 3.05) is 0 Å². The molecule has 0 amide bonds. The number of alkyl halides is 2. The maximum absolute atomic E-state index is 12.2. The minimum Gasteiger partial charge on any atom is -0.379 e. The summed E-state index contributed by atoms with van der Waals surface area (Å²) in [5, 5.41) is 9.29. The second-order valence-electron chi connectivity index (χ2n) is 2.68. The Morgan fingerprint density at radius 3 is 2.33 bits per heavy atom. The van der Waals surface area contributed by atoms with E-state index in [-0.39, 0.29) is 5.56 Å².